The van der Waals surface area contributed by atoms with E-state index >= 15 is 0 Å². The van der Waals surface area contributed by atoms with Crippen molar-refractivity contribution in [2.24, 2.45) is 0 Å². The molecule has 0 bridgehead atoms. The fraction of sp³-hybridized carbons (Fsp3) is 0.745. The zero-order chi connectivity index (χ0) is 41.5. The third-order valence-corrected chi connectivity index (χ3v) is 10.1. The third-order valence-electron chi connectivity index (χ3n) is 10.1. The molecule has 0 aromatic rings. The van der Waals surface area contributed by atoms with Crippen molar-refractivity contribution < 1.29 is 28.6 Å². The molecule has 57 heavy (non-hydrogen) atoms. The molecule has 0 saturated heterocycles. The largest absolute Gasteiger partial charge is 0.462 e. The zero-order valence-electron chi connectivity index (χ0n) is 37.3. The van der Waals surface area contributed by atoms with Crippen molar-refractivity contribution in [2.75, 3.05) is 13.2 Å². The molecule has 0 saturated carbocycles. The summed E-state index contributed by atoms with van der Waals surface area (Å²) in [4.78, 5) is 37.6. The van der Waals surface area contributed by atoms with E-state index in [1.807, 2.05) is 6.08 Å². The van der Waals surface area contributed by atoms with Crippen LogP contribution < -0.4 is 0 Å². The molecule has 0 aliphatic rings. The Labute approximate surface area is 351 Å². The normalized spacial score (nSPS) is 12.5. The molecular weight excluding hydrogens is 709 g/mol. The Hall–Kier alpha value is -2.89. The quantitative estimate of drug-likeness (QED) is 0.0265. The predicted molar refractivity (Wildman–Crippen MR) is 242 cm³/mol. The first-order chi connectivity index (χ1) is 28.0. The topological polar surface area (TPSA) is 78.9 Å². The summed E-state index contributed by atoms with van der Waals surface area (Å²) in [5.41, 5.74) is 0. The molecule has 328 valence electrons. The molecule has 0 N–H and O–H groups in total. The SMILES string of the molecule is CC/C=C\C/C=C\C/C=C\C/C=C\C/C=C\CC(=O)OC(COC(=O)CCCCCCCCC)COC(=O)CCCCCCCCCCCCCCCCCCC. The first-order valence-electron chi connectivity index (χ1n) is 23.8. The van der Waals surface area contributed by atoms with E-state index in [1.54, 1.807) is 6.08 Å². The first kappa shape index (κ1) is 54.1. The van der Waals surface area contributed by atoms with E-state index in [2.05, 4.69) is 69.4 Å². The molecule has 6 heteroatoms. The number of allylic oxidation sites excluding steroid dienone is 9. The molecule has 0 heterocycles. The molecule has 0 aliphatic heterocycles. The minimum absolute atomic E-state index is 0.100. The number of carbonyl (C=O) groups excluding carboxylic acids is 3. The lowest BCUT2D eigenvalue weighted by atomic mass is 10.0. The van der Waals surface area contributed by atoms with Crippen molar-refractivity contribution in [3.8, 4) is 0 Å². The van der Waals surface area contributed by atoms with Crippen LogP contribution in [0, 0.1) is 0 Å². The van der Waals surface area contributed by atoms with Crippen molar-refractivity contribution in [1.82, 2.24) is 0 Å². The molecular formula is C51H88O6. The van der Waals surface area contributed by atoms with Crippen molar-refractivity contribution in [2.45, 2.75) is 232 Å². The maximum Gasteiger partial charge on any atom is 0.310 e. The molecule has 1 unspecified atom stereocenters. The van der Waals surface area contributed by atoms with Crippen LogP contribution in [-0.4, -0.2) is 37.2 Å². The molecule has 0 rings (SSSR count). The van der Waals surface area contributed by atoms with Crippen LogP contribution in [-0.2, 0) is 28.6 Å². The molecule has 0 aromatic carbocycles. The lowest BCUT2D eigenvalue weighted by Gasteiger charge is -2.18. The van der Waals surface area contributed by atoms with Gasteiger partial charge in [0.05, 0.1) is 6.42 Å². The monoisotopic (exact) mass is 797 g/mol. The maximum atomic E-state index is 12.7. The van der Waals surface area contributed by atoms with Crippen molar-refractivity contribution >= 4 is 17.9 Å². The predicted octanol–water partition coefficient (Wildman–Crippen LogP) is 15.3. The van der Waals surface area contributed by atoms with Crippen LogP contribution >= 0.6 is 0 Å². The van der Waals surface area contributed by atoms with Crippen LogP contribution in [0.15, 0.2) is 60.8 Å². The van der Waals surface area contributed by atoms with Gasteiger partial charge in [0, 0.05) is 12.8 Å². The molecule has 0 fully saturated rings. The average Bonchev–Trinajstić information content (AvgIpc) is 3.21. The van der Waals surface area contributed by atoms with Gasteiger partial charge in [-0.1, -0.05) is 223 Å². The van der Waals surface area contributed by atoms with Gasteiger partial charge in [-0.25, -0.2) is 0 Å². The highest BCUT2D eigenvalue weighted by Gasteiger charge is 2.19. The molecule has 0 spiro atoms. The number of rotatable bonds is 42. The highest BCUT2D eigenvalue weighted by atomic mass is 16.6. The third kappa shape index (κ3) is 44.1. The van der Waals surface area contributed by atoms with Gasteiger partial charge >= 0.3 is 17.9 Å². The van der Waals surface area contributed by atoms with Crippen molar-refractivity contribution in [1.29, 1.82) is 0 Å². The van der Waals surface area contributed by atoms with Gasteiger partial charge in [0.1, 0.15) is 13.2 Å². The smallest absolute Gasteiger partial charge is 0.310 e. The van der Waals surface area contributed by atoms with E-state index in [0.29, 0.717) is 12.8 Å². The Kier molecular flexibility index (Phi) is 43.5. The van der Waals surface area contributed by atoms with Gasteiger partial charge in [-0.05, 0) is 44.9 Å². The standard InChI is InChI=1S/C51H88O6/c1-4-7-10-13-16-18-20-22-24-25-27-28-30-32-35-38-41-44-50(53)56-47-48(46-55-49(52)43-40-37-34-15-12-9-6-3)57-51(54)45-42-39-36-33-31-29-26-23-21-19-17-14-11-8-5-2/h8,11,17,19,23,26,31,33,39,42,48H,4-7,9-10,12-16,18,20-22,24-25,27-30,32,34-38,40-41,43-47H2,1-3H3/b11-8-,19-17-,26-23-,33-31-,42-39-. The summed E-state index contributed by atoms with van der Waals surface area (Å²) < 4.78 is 16.6. The minimum atomic E-state index is -0.822. The summed E-state index contributed by atoms with van der Waals surface area (Å²) in [6.45, 7) is 6.40. The van der Waals surface area contributed by atoms with E-state index in [0.717, 1.165) is 70.6 Å². The number of ether oxygens (including phenoxy) is 3. The highest BCUT2D eigenvalue weighted by Crippen LogP contribution is 2.15. The Morgan fingerprint density at radius 2 is 0.667 bits per heavy atom. The van der Waals surface area contributed by atoms with Crippen LogP contribution in [0.25, 0.3) is 0 Å². The molecule has 0 amide bonds. The van der Waals surface area contributed by atoms with Gasteiger partial charge in [-0.3, -0.25) is 14.4 Å². The molecule has 6 nitrogen and oxygen atoms in total. The lowest BCUT2D eigenvalue weighted by molar-refractivity contribution is -0.166. The molecule has 1 atom stereocenters. The summed E-state index contributed by atoms with van der Waals surface area (Å²) >= 11 is 0. The number of unbranched alkanes of at least 4 members (excludes halogenated alkanes) is 22. The summed E-state index contributed by atoms with van der Waals surface area (Å²) in [6.07, 6.45) is 55.3. The van der Waals surface area contributed by atoms with Crippen LogP contribution in [0.4, 0.5) is 0 Å². The zero-order valence-corrected chi connectivity index (χ0v) is 37.3. The van der Waals surface area contributed by atoms with Gasteiger partial charge < -0.3 is 14.2 Å². The molecule has 0 aromatic heterocycles. The Bertz CT molecular complexity index is 1050. The van der Waals surface area contributed by atoms with E-state index in [4.69, 9.17) is 14.2 Å². The first-order valence-corrected chi connectivity index (χ1v) is 23.8. The van der Waals surface area contributed by atoms with Gasteiger partial charge in [-0.15, -0.1) is 0 Å². The molecule has 0 aliphatic carbocycles. The Balaban J connectivity index is 4.38. The van der Waals surface area contributed by atoms with E-state index in [1.165, 1.54) is 116 Å². The van der Waals surface area contributed by atoms with E-state index < -0.39 is 12.1 Å². The van der Waals surface area contributed by atoms with Gasteiger partial charge in [0.15, 0.2) is 6.10 Å². The fourth-order valence-electron chi connectivity index (χ4n) is 6.52. The minimum Gasteiger partial charge on any atom is -0.462 e. The van der Waals surface area contributed by atoms with Crippen molar-refractivity contribution in [3.05, 3.63) is 60.8 Å². The number of hydrogen-bond acceptors (Lipinski definition) is 6. The van der Waals surface area contributed by atoms with Crippen LogP contribution in [0.2, 0.25) is 0 Å². The van der Waals surface area contributed by atoms with Gasteiger partial charge in [-0.2, -0.15) is 0 Å². The summed E-state index contributed by atoms with van der Waals surface area (Å²) in [5, 5.41) is 0. The van der Waals surface area contributed by atoms with Gasteiger partial charge in [0.25, 0.3) is 0 Å². The summed E-state index contributed by atoms with van der Waals surface area (Å²) in [6, 6.07) is 0. The Morgan fingerprint density at radius 3 is 1.00 bits per heavy atom. The average molecular weight is 797 g/mol. The number of esters is 3. The van der Waals surface area contributed by atoms with Crippen LogP contribution in [0.3, 0.4) is 0 Å². The Morgan fingerprint density at radius 1 is 0.368 bits per heavy atom. The number of carbonyl (C=O) groups is 3. The van der Waals surface area contributed by atoms with Crippen LogP contribution in [0.5, 0.6) is 0 Å². The second-order valence-electron chi connectivity index (χ2n) is 15.7. The molecule has 0 radical (unpaired) electrons. The summed E-state index contributed by atoms with van der Waals surface area (Å²) in [5.74, 6) is -1.05. The lowest BCUT2D eigenvalue weighted by Crippen LogP contribution is -2.30. The van der Waals surface area contributed by atoms with Crippen molar-refractivity contribution in [3.63, 3.8) is 0 Å². The second kappa shape index (κ2) is 45.8. The fourth-order valence-corrected chi connectivity index (χ4v) is 6.52. The number of hydrogen-bond donors (Lipinski definition) is 0. The maximum absolute atomic E-state index is 12.7. The summed E-state index contributed by atoms with van der Waals surface area (Å²) in [7, 11) is 0. The highest BCUT2D eigenvalue weighted by molar-refractivity contribution is 5.72. The van der Waals surface area contributed by atoms with Gasteiger partial charge in [0.2, 0.25) is 0 Å². The van der Waals surface area contributed by atoms with E-state index in [9.17, 15) is 14.4 Å². The van der Waals surface area contributed by atoms with Crippen LogP contribution in [0.1, 0.15) is 226 Å². The second-order valence-corrected chi connectivity index (χ2v) is 15.7. The van der Waals surface area contributed by atoms with E-state index in [-0.39, 0.29) is 31.6 Å².